The number of halogens is 3. The van der Waals surface area contributed by atoms with Crippen molar-refractivity contribution in [3.8, 4) is 5.75 Å². The first kappa shape index (κ1) is 17.8. The van der Waals surface area contributed by atoms with Gasteiger partial charge in [0.05, 0.1) is 17.9 Å². The summed E-state index contributed by atoms with van der Waals surface area (Å²) in [4.78, 5) is 24.8. The molecule has 1 aromatic heterocycles. The Morgan fingerprint density at radius 1 is 1.35 bits per heavy atom. The molecule has 138 valence electrons. The van der Waals surface area contributed by atoms with E-state index in [4.69, 9.17) is 9.26 Å². The number of nitrogens with zero attached hydrogens (tertiary/aromatic N) is 2. The van der Waals surface area contributed by atoms with Crippen molar-refractivity contribution in [2.24, 2.45) is 0 Å². The van der Waals surface area contributed by atoms with Crippen molar-refractivity contribution < 1.29 is 32.0 Å². The van der Waals surface area contributed by atoms with Crippen LogP contribution in [-0.2, 0) is 16.1 Å². The Bertz CT molecular complexity index is 857. The third kappa shape index (κ3) is 3.35. The van der Waals surface area contributed by atoms with E-state index >= 15 is 0 Å². The lowest BCUT2D eigenvalue weighted by molar-refractivity contribution is -0.167. The summed E-state index contributed by atoms with van der Waals surface area (Å²) in [6, 6.07) is 3.93. The predicted molar refractivity (Wildman–Crippen MR) is 83.8 cm³/mol. The van der Waals surface area contributed by atoms with Gasteiger partial charge in [0, 0.05) is 11.3 Å². The van der Waals surface area contributed by atoms with Crippen molar-refractivity contribution in [2.45, 2.75) is 26.6 Å². The molecule has 1 aliphatic heterocycles. The number of hydrogen-bond donors (Lipinski definition) is 1. The number of alkyl halides is 3. The van der Waals surface area contributed by atoms with Crippen molar-refractivity contribution in [1.29, 1.82) is 0 Å². The van der Waals surface area contributed by atoms with Crippen molar-refractivity contribution in [3.05, 3.63) is 35.2 Å². The number of aryl methyl sites for hydroxylation is 2. The van der Waals surface area contributed by atoms with Crippen molar-refractivity contribution in [2.75, 3.05) is 16.8 Å². The lowest BCUT2D eigenvalue weighted by Gasteiger charge is -2.29. The Kier molecular flexibility index (Phi) is 4.34. The maximum absolute atomic E-state index is 12.4. The van der Waals surface area contributed by atoms with E-state index in [2.05, 4.69) is 5.16 Å². The third-order valence-electron chi connectivity index (χ3n) is 3.91. The summed E-state index contributed by atoms with van der Waals surface area (Å²) >= 11 is 0. The molecule has 0 aliphatic carbocycles. The molecule has 3 rings (SSSR count). The highest BCUT2D eigenvalue weighted by molar-refractivity contribution is 6.00. The number of benzene rings is 1. The van der Waals surface area contributed by atoms with E-state index in [0.29, 0.717) is 22.8 Å². The van der Waals surface area contributed by atoms with Gasteiger partial charge in [-0.1, -0.05) is 5.16 Å². The van der Waals surface area contributed by atoms with Crippen molar-refractivity contribution in [3.63, 3.8) is 0 Å². The van der Waals surface area contributed by atoms with Gasteiger partial charge >= 0.3 is 12.1 Å². The highest BCUT2D eigenvalue weighted by Crippen LogP contribution is 2.36. The van der Waals surface area contributed by atoms with Crippen LogP contribution in [0.25, 0.3) is 0 Å². The van der Waals surface area contributed by atoms with Crippen LogP contribution in [0, 0.1) is 13.8 Å². The van der Waals surface area contributed by atoms with Crippen LogP contribution in [0.4, 0.5) is 24.5 Å². The number of amides is 2. The van der Waals surface area contributed by atoms with Crippen LogP contribution in [0.3, 0.4) is 0 Å². The molecule has 0 atom stereocenters. The Morgan fingerprint density at radius 2 is 2.08 bits per heavy atom. The smallest absolute Gasteiger partial charge is 0.471 e. The highest BCUT2D eigenvalue weighted by Gasteiger charge is 2.39. The zero-order chi connectivity index (χ0) is 19.1. The largest absolute Gasteiger partial charge is 0.482 e. The van der Waals surface area contributed by atoms with Crippen LogP contribution in [0.15, 0.2) is 22.7 Å². The van der Waals surface area contributed by atoms with Crippen molar-refractivity contribution in [1.82, 2.24) is 5.16 Å². The van der Waals surface area contributed by atoms with Gasteiger partial charge in [-0.3, -0.25) is 9.59 Å². The van der Waals surface area contributed by atoms with E-state index in [1.165, 1.54) is 23.1 Å². The van der Waals surface area contributed by atoms with Gasteiger partial charge in [-0.25, -0.2) is 0 Å². The summed E-state index contributed by atoms with van der Waals surface area (Å²) in [6.45, 7) is 3.33. The summed E-state index contributed by atoms with van der Waals surface area (Å²) in [7, 11) is 0. The molecule has 2 amide bonds. The van der Waals surface area contributed by atoms with Gasteiger partial charge in [0.15, 0.2) is 6.61 Å². The Labute approximate surface area is 145 Å². The van der Waals surface area contributed by atoms with Gasteiger partial charge in [0.2, 0.25) is 0 Å². The molecule has 0 spiro atoms. The minimum absolute atomic E-state index is 0.104. The SMILES string of the molecule is Cc1noc(C)c1CN1C(=O)COc2ccc(NC(=O)C(F)(F)F)cc21. The Hall–Kier alpha value is -3.04. The van der Waals surface area contributed by atoms with Crippen LogP contribution in [0.5, 0.6) is 5.75 Å². The molecule has 1 aromatic carbocycles. The summed E-state index contributed by atoms with van der Waals surface area (Å²) in [5, 5.41) is 5.58. The number of anilines is 2. The number of fused-ring (bicyclic) bond motifs is 1. The second-order valence-corrected chi connectivity index (χ2v) is 5.71. The molecule has 26 heavy (non-hydrogen) atoms. The number of carbonyl (C=O) groups is 2. The maximum Gasteiger partial charge on any atom is 0.471 e. The van der Waals surface area contributed by atoms with Gasteiger partial charge in [-0.2, -0.15) is 13.2 Å². The average Bonchev–Trinajstić information content (AvgIpc) is 2.88. The third-order valence-corrected chi connectivity index (χ3v) is 3.91. The normalized spacial score (nSPS) is 14.0. The molecule has 1 aliphatic rings. The van der Waals surface area contributed by atoms with E-state index in [-0.39, 0.29) is 30.4 Å². The molecule has 2 aromatic rings. The van der Waals surface area contributed by atoms with E-state index in [0.717, 1.165) is 0 Å². The fourth-order valence-electron chi connectivity index (χ4n) is 2.54. The minimum atomic E-state index is -5.02. The molecule has 0 radical (unpaired) electrons. The summed E-state index contributed by atoms with van der Waals surface area (Å²) < 4.78 is 47.7. The maximum atomic E-state index is 12.4. The van der Waals surface area contributed by atoms with Crippen LogP contribution in [-0.4, -0.2) is 29.8 Å². The van der Waals surface area contributed by atoms with Crippen LogP contribution in [0.2, 0.25) is 0 Å². The number of carbonyl (C=O) groups excluding carboxylic acids is 2. The fraction of sp³-hybridized carbons (Fsp3) is 0.312. The number of nitrogens with one attached hydrogen (secondary N) is 1. The second kappa shape index (κ2) is 6.36. The molecule has 0 unspecified atom stereocenters. The molecule has 1 N–H and O–H groups in total. The van der Waals surface area contributed by atoms with Gasteiger partial charge in [-0.15, -0.1) is 0 Å². The first-order valence-electron chi connectivity index (χ1n) is 7.54. The molecule has 0 saturated carbocycles. The number of ether oxygens (including phenoxy) is 1. The molecule has 7 nitrogen and oxygen atoms in total. The second-order valence-electron chi connectivity index (χ2n) is 5.71. The first-order valence-corrected chi connectivity index (χ1v) is 7.54. The van der Waals surface area contributed by atoms with Gasteiger partial charge in [-0.05, 0) is 32.0 Å². The first-order chi connectivity index (χ1) is 12.2. The summed E-state index contributed by atoms with van der Waals surface area (Å²) in [5.41, 5.74) is 1.44. The van der Waals surface area contributed by atoms with Gasteiger partial charge in [0.1, 0.15) is 11.5 Å². The summed E-state index contributed by atoms with van der Waals surface area (Å²) in [5.74, 6) is -1.62. The molecule has 0 fully saturated rings. The molecular formula is C16H14F3N3O4. The zero-order valence-corrected chi connectivity index (χ0v) is 13.8. The lowest BCUT2D eigenvalue weighted by Crippen LogP contribution is -2.38. The number of rotatable bonds is 3. The van der Waals surface area contributed by atoms with Crippen LogP contribution in [0.1, 0.15) is 17.0 Å². The van der Waals surface area contributed by atoms with E-state index in [1.807, 2.05) is 0 Å². The quantitative estimate of drug-likeness (QED) is 0.899. The highest BCUT2D eigenvalue weighted by atomic mass is 19.4. The Morgan fingerprint density at radius 3 is 2.69 bits per heavy atom. The predicted octanol–water partition coefficient (Wildman–Crippen LogP) is 2.72. The fourth-order valence-corrected chi connectivity index (χ4v) is 2.54. The average molecular weight is 369 g/mol. The standard InChI is InChI=1S/C16H14F3N3O4/c1-8-11(9(2)26-21-8)6-22-12-5-10(20-15(24)16(17,18)19)3-4-13(12)25-7-14(22)23/h3-5H,6-7H2,1-2H3,(H,20,24). The topological polar surface area (TPSA) is 84.7 Å². The molecule has 0 bridgehead atoms. The van der Waals surface area contributed by atoms with E-state index < -0.39 is 12.1 Å². The monoisotopic (exact) mass is 369 g/mol. The van der Waals surface area contributed by atoms with E-state index in [9.17, 15) is 22.8 Å². The zero-order valence-electron chi connectivity index (χ0n) is 13.8. The number of aromatic nitrogens is 1. The molecular weight excluding hydrogens is 355 g/mol. The lowest BCUT2D eigenvalue weighted by atomic mass is 10.1. The van der Waals surface area contributed by atoms with Gasteiger partial charge < -0.3 is 19.5 Å². The number of hydrogen-bond acceptors (Lipinski definition) is 5. The molecule has 10 heteroatoms. The molecule has 0 saturated heterocycles. The molecule has 2 heterocycles. The van der Waals surface area contributed by atoms with Crippen molar-refractivity contribution >= 4 is 23.2 Å². The van der Waals surface area contributed by atoms with Crippen LogP contribution < -0.4 is 15.0 Å². The Balaban J connectivity index is 1.93. The summed E-state index contributed by atoms with van der Waals surface area (Å²) in [6.07, 6.45) is -5.02. The van der Waals surface area contributed by atoms with Crippen LogP contribution >= 0.6 is 0 Å². The van der Waals surface area contributed by atoms with E-state index in [1.54, 1.807) is 19.2 Å². The minimum Gasteiger partial charge on any atom is -0.482 e. The van der Waals surface area contributed by atoms with Gasteiger partial charge in [0.25, 0.3) is 5.91 Å².